The molecule has 172 valence electrons. The molecule has 1 saturated heterocycles. The van der Waals surface area contributed by atoms with Gasteiger partial charge in [-0.1, -0.05) is 36.4 Å². The van der Waals surface area contributed by atoms with E-state index < -0.39 is 0 Å². The Morgan fingerprint density at radius 3 is 2.59 bits per heavy atom. The van der Waals surface area contributed by atoms with E-state index in [9.17, 15) is 14.0 Å². The van der Waals surface area contributed by atoms with Gasteiger partial charge in [0.1, 0.15) is 11.6 Å². The lowest BCUT2D eigenvalue weighted by Gasteiger charge is -2.19. The number of fused-ring (bicyclic) bond motifs is 1. The Kier molecular flexibility index (Phi) is 5.88. The Morgan fingerprint density at radius 1 is 1.06 bits per heavy atom. The molecule has 34 heavy (non-hydrogen) atoms. The Bertz CT molecular complexity index is 1400. The summed E-state index contributed by atoms with van der Waals surface area (Å²) in [5, 5.41) is 3.42. The Morgan fingerprint density at radius 2 is 1.82 bits per heavy atom. The second-order valence-corrected chi connectivity index (χ2v) is 8.72. The van der Waals surface area contributed by atoms with E-state index in [1.165, 1.54) is 12.1 Å². The molecule has 0 bridgehead atoms. The zero-order valence-corrected chi connectivity index (χ0v) is 18.9. The highest BCUT2D eigenvalue weighted by Crippen LogP contribution is 2.28. The normalized spacial score (nSPS) is 15.6. The number of carbonyl (C=O) groups is 1. The molecule has 1 aliphatic heterocycles. The highest BCUT2D eigenvalue weighted by molar-refractivity contribution is 6.05. The first-order valence-corrected chi connectivity index (χ1v) is 11.4. The van der Waals surface area contributed by atoms with Crippen molar-refractivity contribution in [2.75, 3.05) is 24.5 Å². The third-order valence-corrected chi connectivity index (χ3v) is 6.45. The quantitative estimate of drug-likeness (QED) is 0.450. The van der Waals surface area contributed by atoms with Crippen molar-refractivity contribution in [1.29, 1.82) is 0 Å². The summed E-state index contributed by atoms with van der Waals surface area (Å²) in [6.45, 7) is 3.89. The lowest BCUT2D eigenvalue weighted by atomic mass is 10.0. The largest absolute Gasteiger partial charge is 0.455 e. The van der Waals surface area contributed by atoms with Crippen LogP contribution in [0.4, 0.5) is 10.1 Å². The van der Waals surface area contributed by atoms with Crippen LogP contribution in [0.1, 0.15) is 22.3 Å². The molecule has 1 aliphatic rings. The summed E-state index contributed by atoms with van der Waals surface area (Å²) in [5.74, 6) is 0.234. The lowest BCUT2D eigenvalue weighted by Crippen LogP contribution is -2.31. The minimum atomic E-state index is -0.267. The lowest BCUT2D eigenvalue weighted by molar-refractivity contribution is 0.0949. The summed E-state index contributed by atoms with van der Waals surface area (Å²) < 4.78 is 19.4. The number of carbonyl (C=O) groups excluding carboxylic acids is 1. The van der Waals surface area contributed by atoms with Gasteiger partial charge in [0.05, 0.1) is 10.9 Å². The maximum Gasteiger partial charge on any atom is 0.255 e. The maximum absolute atomic E-state index is 13.2. The fraction of sp³-hybridized carbons (Fsp3) is 0.214. The van der Waals surface area contributed by atoms with E-state index in [0.717, 1.165) is 30.8 Å². The number of nitrogens with zero attached hydrogens (tertiary/aromatic N) is 1. The molecule has 5 nitrogen and oxygen atoms in total. The van der Waals surface area contributed by atoms with Gasteiger partial charge in [-0.05, 0) is 55.7 Å². The summed E-state index contributed by atoms with van der Waals surface area (Å²) in [5.41, 5.74) is 2.80. The van der Waals surface area contributed by atoms with Crippen LogP contribution in [0.2, 0.25) is 0 Å². The van der Waals surface area contributed by atoms with Crippen LogP contribution in [0.25, 0.3) is 22.3 Å². The summed E-state index contributed by atoms with van der Waals surface area (Å²) in [6.07, 6.45) is 0.930. The van der Waals surface area contributed by atoms with Crippen molar-refractivity contribution >= 4 is 22.6 Å². The molecular formula is C28H25FN2O3. The highest BCUT2D eigenvalue weighted by Gasteiger charge is 2.24. The highest BCUT2D eigenvalue weighted by atomic mass is 19.1. The SMILES string of the molecule is Cc1c(-c2ccccc2)oc2c(C(=O)NCC3CCN(c4ccc(F)cc4)C3)cccc2c1=O. The van der Waals surface area contributed by atoms with E-state index in [0.29, 0.717) is 34.4 Å². The van der Waals surface area contributed by atoms with E-state index in [1.54, 1.807) is 37.3 Å². The Balaban J connectivity index is 1.36. The minimum Gasteiger partial charge on any atom is -0.455 e. The van der Waals surface area contributed by atoms with Gasteiger partial charge in [0.15, 0.2) is 11.0 Å². The zero-order chi connectivity index (χ0) is 23.7. The molecule has 0 spiro atoms. The van der Waals surface area contributed by atoms with Gasteiger partial charge < -0.3 is 14.6 Å². The van der Waals surface area contributed by atoms with Crippen molar-refractivity contribution in [2.24, 2.45) is 5.92 Å². The fourth-order valence-corrected chi connectivity index (χ4v) is 4.57. The van der Waals surface area contributed by atoms with E-state index in [4.69, 9.17) is 4.42 Å². The van der Waals surface area contributed by atoms with Crippen LogP contribution < -0.4 is 15.6 Å². The number of hydrogen-bond acceptors (Lipinski definition) is 4. The summed E-state index contributed by atoms with van der Waals surface area (Å²) in [7, 11) is 0. The monoisotopic (exact) mass is 456 g/mol. The van der Waals surface area contributed by atoms with Crippen molar-refractivity contribution in [1.82, 2.24) is 5.32 Å². The molecule has 6 heteroatoms. The summed E-state index contributed by atoms with van der Waals surface area (Å²) in [4.78, 5) is 28.4. The van der Waals surface area contributed by atoms with Gasteiger partial charge in [0.2, 0.25) is 0 Å². The van der Waals surface area contributed by atoms with Crippen LogP contribution >= 0.6 is 0 Å². The minimum absolute atomic E-state index is 0.138. The van der Waals surface area contributed by atoms with Crippen molar-refractivity contribution in [3.63, 3.8) is 0 Å². The summed E-state index contributed by atoms with van der Waals surface area (Å²) >= 11 is 0. The molecule has 0 saturated carbocycles. The maximum atomic E-state index is 13.2. The third-order valence-electron chi connectivity index (χ3n) is 6.45. The molecule has 0 aliphatic carbocycles. The molecule has 4 aromatic rings. The topological polar surface area (TPSA) is 62.6 Å². The van der Waals surface area contributed by atoms with E-state index in [1.807, 2.05) is 30.3 Å². The van der Waals surface area contributed by atoms with Crippen LogP contribution in [-0.2, 0) is 0 Å². The second-order valence-electron chi connectivity index (χ2n) is 8.72. The Hall–Kier alpha value is -3.93. The predicted molar refractivity (Wildman–Crippen MR) is 132 cm³/mol. The number of nitrogens with one attached hydrogen (secondary N) is 1. The van der Waals surface area contributed by atoms with Gasteiger partial charge in [-0.15, -0.1) is 0 Å². The average molecular weight is 457 g/mol. The molecule has 0 radical (unpaired) electrons. The van der Waals surface area contributed by atoms with Crippen LogP contribution in [0.3, 0.4) is 0 Å². The van der Waals surface area contributed by atoms with E-state index in [2.05, 4.69) is 10.2 Å². The average Bonchev–Trinajstić information content (AvgIpc) is 3.34. The Labute approximate surface area is 196 Å². The van der Waals surface area contributed by atoms with Gasteiger partial charge in [-0.3, -0.25) is 9.59 Å². The first-order valence-electron chi connectivity index (χ1n) is 11.4. The number of para-hydroxylation sites is 1. The molecule has 1 fully saturated rings. The molecule has 3 aromatic carbocycles. The molecular weight excluding hydrogens is 431 g/mol. The van der Waals surface area contributed by atoms with Crippen molar-refractivity contribution in [3.8, 4) is 11.3 Å². The van der Waals surface area contributed by atoms with Crippen LogP contribution in [0.5, 0.6) is 0 Å². The molecule has 1 atom stereocenters. The van der Waals surface area contributed by atoms with Crippen LogP contribution in [0, 0.1) is 18.7 Å². The van der Waals surface area contributed by atoms with Gasteiger partial charge in [-0.2, -0.15) is 0 Å². The van der Waals surface area contributed by atoms with Crippen molar-refractivity contribution < 1.29 is 13.6 Å². The standard InChI is InChI=1S/C28H25FN2O3/c1-18-25(32)23-8-5-9-24(27(23)34-26(18)20-6-3-2-4-7-20)28(33)30-16-19-14-15-31(17-19)22-12-10-21(29)11-13-22/h2-13,19H,14-17H2,1H3,(H,30,33). The number of rotatable bonds is 5. The smallest absolute Gasteiger partial charge is 0.255 e. The molecule has 5 rings (SSSR count). The van der Waals surface area contributed by atoms with E-state index in [-0.39, 0.29) is 23.1 Å². The van der Waals surface area contributed by atoms with Gasteiger partial charge in [0.25, 0.3) is 5.91 Å². The second kappa shape index (κ2) is 9.14. The van der Waals surface area contributed by atoms with Gasteiger partial charge in [0, 0.05) is 36.4 Å². The van der Waals surface area contributed by atoms with Crippen LogP contribution in [-0.4, -0.2) is 25.5 Å². The van der Waals surface area contributed by atoms with E-state index >= 15 is 0 Å². The number of amides is 1. The van der Waals surface area contributed by atoms with Crippen LogP contribution in [0.15, 0.2) is 82.0 Å². The number of anilines is 1. The zero-order valence-electron chi connectivity index (χ0n) is 18.9. The number of hydrogen-bond donors (Lipinski definition) is 1. The van der Waals surface area contributed by atoms with Gasteiger partial charge in [-0.25, -0.2) is 4.39 Å². The number of halogens is 1. The molecule has 1 N–H and O–H groups in total. The molecule has 1 amide bonds. The molecule has 2 heterocycles. The van der Waals surface area contributed by atoms with Crippen molar-refractivity contribution in [2.45, 2.75) is 13.3 Å². The molecule has 1 aromatic heterocycles. The van der Waals surface area contributed by atoms with Crippen molar-refractivity contribution in [3.05, 3.63) is 100.0 Å². The van der Waals surface area contributed by atoms with Gasteiger partial charge >= 0.3 is 0 Å². The fourth-order valence-electron chi connectivity index (χ4n) is 4.57. The third kappa shape index (κ3) is 4.19. The first kappa shape index (κ1) is 21.9. The summed E-state index contributed by atoms with van der Waals surface area (Å²) in [6, 6.07) is 21.0. The molecule has 1 unspecified atom stereocenters. The predicted octanol–water partition coefficient (Wildman–Crippen LogP) is 5.16. The first-order chi connectivity index (χ1) is 16.5. The number of benzene rings is 3.